The van der Waals surface area contributed by atoms with Crippen LogP contribution < -0.4 is 24.6 Å². The van der Waals surface area contributed by atoms with Gasteiger partial charge in [-0.2, -0.15) is 26.3 Å². The van der Waals surface area contributed by atoms with Crippen molar-refractivity contribution < 1.29 is 50.6 Å². The van der Waals surface area contributed by atoms with Gasteiger partial charge in [-0.15, -0.1) is 0 Å². The van der Waals surface area contributed by atoms with Crippen molar-refractivity contribution in [2.24, 2.45) is 0 Å². The van der Waals surface area contributed by atoms with Crippen LogP contribution in [0.25, 0.3) is 0 Å². The zero-order valence-corrected chi connectivity index (χ0v) is 24.9. The first-order chi connectivity index (χ1) is 22.7. The van der Waals surface area contributed by atoms with Crippen molar-refractivity contribution in [2.75, 3.05) is 48.4 Å². The zero-order chi connectivity index (χ0) is 34.8. The molecule has 0 atom stereocenters. The van der Waals surface area contributed by atoms with E-state index in [9.17, 15) is 46.4 Å². The van der Waals surface area contributed by atoms with Crippen LogP contribution in [0.1, 0.15) is 21.5 Å². The van der Waals surface area contributed by atoms with E-state index in [1.54, 1.807) is 4.90 Å². The average molecular weight is 677 g/mol. The fraction of sp³-hybridized carbons (Fsp3) is 0.219. The summed E-state index contributed by atoms with van der Waals surface area (Å²) in [6.07, 6.45) is -9.31. The number of non-ortho nitro benzene ring substituents is 1. The minimum Gasteiger partial charge on any atom is -0.493 e. The van der Waals surface area contributed by atoms with Crippen molar-refractivity contribution in [2.45, 2.75) is 12.4 Å². The van der Waals surface area contributed by atoms with Crippen molar-refractivity contribution in [1.29, 1.82) is 0 Å². The number of halogens is 6. The highest BCUT2D eigenvalue weighted by Gasteiger charge is 2.36. The molecule has 2 N–H and O–H groups in total. The van der Waals surface area contributed by atoms with Gasteiger partial charge in [0.05, 0.1) is 28.8 Å². The van der Waals surface area contributed by atoms with E-state index in [1.165, 1.54) is 54.5 Å². The Morgan fingerprint density at radius 1 is 0.854 bits per heavy atom. The molecule has 252 valence electrons. The number of hydrogen-bond acceptors (Lipinski definition) is 8. The number of benzene rings is 4. The number of rotatable bonds is 9. The summed E-state index contributed by atoms with van der Waals surface area (Å²) >= 11 is 0. The molecule has 1 saturated heterocycles. The van der Waals surface area contributed by atoms with Crippen LogP contribution in [0.3, 0.4) is 0 Å². The summed E-state index contributed by atoms with van der Waals surface area (Å²) < 4.78 is 93.9. The molecule has 0 radical (unpaired) electrons. The van der Waals surface area contributed by atoms with Gasteiger partial charge in [0.25, 0.3) is 5.69 Å². The third kappa shape index (κ3) is 7.32. The van der Waals surface area contributed by atoms with Crippen molar-refractivity contribution in [3.05, 3.63) is 106 Å². The second kappa shape index (κ2) is 13.2. The number of nitro groups is 1. The lowest BCUT2D eigenvalue weighted by atomic mass is 10.1. The number of nitrogens with zero attached hydrogens (tertiary/aromatic N) is 3. The van der Waals surface area contributed by atoms with Crippen LogP contribution >= 0.6 is 0 Å². The Balaban J connectivity index is 1.41. The minimum atomic E-state index is -4.78. The first-order valence-corrected chi connectivity index (χ1v) is 14.2. The maximum atomic E-state index is 14.4. The monoisotopic (exact) mass is 676 g/mol. The molecule has 1 fully saturated rings. The number of nitro benzene ring substituents is 1. The van der Waals surface area contributed by atoms with Gasteiger partial charge in [0, 0.05) is 55.4 Å². The molecule has 0 bridgehead atoms. The van der Waals surface area contributed by atoms with Gasteiger partial charge in [0.15, 0.2) is 11.5 Å². The Kier molecular flexibility index (Phi) is 9.27. The number of carbonyl (C=O) groups is 1. The number of hydrogen-bond donors (Lipinski definition) is 2. The number of methoxy groups -OCH3 is 1. The number of carboxylic acids is 1. The van der Waals surface area contributed by atoms with Crippen LogP contribution in [-0.2, 0) is 12.4 Å². The van der Waals surface area contributed by atoms with Gasteiger partial charge in [-0.05, 0) is 54.6 Å². The van der Waals surface area contributed by atoms with Gasteiger partial charge in [0.2, 0.25) is 0 Å². The fourth-order valence-corrected chi connectivity index (χ4v) is 5.23. The van der Waals surface area contributed by atoms with E-state index >= 15 is 0 Å². The van der Waals surface area contributed by atoms with E-state index in [0.29, 0.717) is 5.69 Å². The maximum Gasteiger partial charge on any atom is 0.418 e. The van der Waals surface area contributed by atoms with Crippen LogP contribution in [0, 0.1) is 10.1 Å². The van der Waals surface area contributed by atoms with Gasteiger partial charge in [-0.25, -0.2) is 4.79 Å². The highest BCUT2D eigenvalue weighted by atomic mass is 19.4. The van der Waals surface area contributed by atoms with E-state index in [1.807, 2.05) is 0 Å². The Labute approximate surface area is 268 Å². The number of carboxylic acid groups (broad SMARTS) is 1. The molecule has 16 heteroatoms. The standard InChI is InChI=1S/C32H26F6N4O6/c1-47-28-7-3-6-25(29(28)48-27-11-9-22(42(45)46)18-23(27)30(43)44)39-20-8-10-26(24(17-20)32(36,37)38)41-14-12-40(13-15-41)21-5-2-4-19(16-21)31(33,34)35/h2-11,16-18,39H,12-15H2,1H3,(H,43,44). The first kappa shape index (κ1) is 33.7. The molecule has 0 amide bonds. The van der Waals surface area contributed by atoms with Crippen LogP contribution in [0.5, 0.6) is 17.2 Å². The minimum absolute atomic E-state index is 0.00561. The number of alkyl halides is 6. The first-order valence-electron chi connectivity index (χ1n) is 14.2. The number of para-hydroxylation sites is 1. The van der Waals surface area contributed by atoms with Gasteiger partial charge in [-0.1, -0.05) is 12.1 Å². The Bertz CT molecular complexity index is 1840. The lowest BCUT2D eigenvalue weighted by Crippen LogP contribution is -2.47. The number of ether oxygens (including phenoxy) is 2. The quantitative estimate of drug-likeness (QED) is 0.103. The van der Waals surface area contributed by atoms with E-state index < -0.39 is 45.6 Å². The molecule has 0 unspecified atom stereocenters. The van der Waals surface area contributed by atoms with E-state index in [4.69, 9.17) is 9.47 Å². The molecule has 0 saturated carbocycles. The fourth-order valence-electron chi connectivity index (χ4n) is 5.23. The predicted molar refractivity (Wildman–Crippen MR) is 164 cm³/mol. The summed E-state index contributed by atoms with van der Waals surface area (Å²) in [5.74, 6) is -1.81. The van der Waals surface area contributed by atoms with Crippen molar-refractivity contribution in [3.8, 4) is 17.2 Å². The van der Waals surface area contributed by atoms with Gasteiger partial charge in [-0.3, -0.25) is 10.1 Å². The lowest BCUT2D eigenvalue weighted by molar-refractivity contribution is -0.384. The molecule has 5 rings (SSSR count). The zero-order valence-electron chi connectivity index (χ0n) is 24.9. The molecule has 1 aliphatic rings. The van der Waals surface area contributed by atoms with Crippen molar-refractivity contribution in [3.63, 3.8) is 0 Å². The van der Waals surface area contributed by atoms with Crippen LogP contribution in [0.2, 0.25) is 0 Å². The Hall–Kier alpha value is -5.67. The summed E-state index contributed by atoms with van der Waals surface area (Å²) in [4.78, 5) is 25.4. The maximum absolute atomic E-state index is 14.4. The Morgan fingerprint density at radius 2 is 1.54 bits per heavy atom. The summed E-state index contributed by atoms with van der Waals surface area (Å²) in [6.45, 7) is 0.594. The summed E-state index contributed by atoms with van der Waals surface area (Å²) in [7, 11) is 1.29. The molecule has 1 aliphatic heterocycles. The smallest absolute Gasteiger partial charge is 0.418 e. The molecule has 4 aromatic rings. The largest absolute Gasteiger partial charge is 0.493 e. The average Bonchev–Trinajstić information content (AvgIpc) is 3.05. The van der Waals surface area contributed by atoms with Crippen LogP contribution in [-0.4, -0.2) is 49.3 Å². The van der Waals surface area contributed by atoms with Crippen LogP contribution in [0.15, 0.2) is 78.9 Å². The molecule has 4 aromatic carbocycles. The molecule has 10 nitrogen and oxygen atoms in total. The van der Waals surface area contributed by atoms with E-state index in [-0.39, 0.29) is 60.5 Å². The topological polar surface area (TPSA) is 117 Å². The van der Waals surface area contributed by atoms with E-state index in [0.717, 1.165) is 36.4 Å². The van der Waals surface area contributed by atoms with E-state index in [2.05, 4.69) is 5.32 Å². The summed E-state index contributed by atoms with van der Waals surface area (Å²) in [6, 6.07) is 15.7. The number of aromatic carboxylic acids is 1. The lowest BCUT2D eigenvalue weighted by Gasteiger charge is -2.38. The number of nitrogens with one attached hydrogen (secondary N) is 1. The second-order valence-electron chi connectivity index (χ2n) is 10.6. The molecule has 48 heavy (non-hydrogen) atoms. The highest BCUT2D eigenvalue weighted by molar-refractivity contribution is 5.92. The molecule has 0 aromatic heterocycles. The molecular weight excluding hydrogens is 650 g/mol. The van der Waals surface area contributed by atoms with Crippen molar-refractivity contribution >= 4 is 34.4 Å². The van der Waals surface area contributed by atoms with Crippen molar-refractivity contribution in [1.82, 2.24) is 0 Å². The summed E-state index contributed by atoms with van der Waals surface area (Å²) in [5.41, 5.74) is -2.50. The van der Waals surface area contributed by atoms with Crippen LogP contribution in [0.4, 0.5) is 54.8 Å². The third-order valence-corrected chi connectivity index (χ3v) is 7.56. The van der Waals surface area contributed by atoms with Gasteiger partial charge < -0.3 is 29.7 Å². The number of piperazine rings is 1. The molecule has 0 spiro atoms. The van der Waals surface area contributed by atoms with Gasteiger partial charge in [0.1, 0.15) is 11.3 Å². The predicted octanol–water partition coefficient (Wildman–Crippen LogP) is 8.20. The summed E-state index contributed by atoms with van der Waals surface area (Å²) in [5, 5.41) is 23.6. The SMILES string of the molecule is COc1cccc(Nc2ccc(N3CCN(c4cccc(C(F)(F)F)c4)CC3)c(C(F)(F)F)c2)c1Oc1ccc([N+](=O)[O-])cc1C(=O)O. The number of anilines is 4. The molecule has 1 heterocycles. The normalized spacial score (nSPS) is 13.6. The molecule has 0 aliphatic carbocycles. The third-order valence-electron chi connectivity index (χ3n) is 7.56. The van der Waals surface area contributed by atoms with Gasteiger partial charge >= 0.3 is 18.3 Å². The highest BCUT2D eigenvalue weighted by Crippen LogP contribution is 2.44. The Morgan fingerprint density at radius 3 is 2.17 bits per heavy atom. The second-order valence-corrected chi connectivity index (χ2v) is 10.6. The molecular formula is C32H26F6N4O6.